The number of pyridine rings is 2. The first kappa shape index (κ1) is 11.2. The van der Waals surface area contributed by atoms with Crippen molar-refractivity contribution in [3.8, 4) is 11.3 Å². The fraction of sp³-hybridized carbons (Fsp3) is 0.0833. The summed E-state index contributed by atoms with van der Waals surface area (Å²) in [6.07, 6.45) is 3.87. The van der Waals surface area contributed by atoms with Gasteiger partial charge in [-0.1, -0.05) is 0 Å². The SMILES string of the molecule is O=C(O)Cc1cc(-c2ccncc2)ncc1F. The first-order valence-electron chi connectivity index (χ1n) is 4.93. The predicted molar refractivity (Wildman–Crippen MR) is 58.8 cm³/mol. The molecule has 2 aromatic rings. The summed E-state index contributed by atoms with van der Waals surface area (Å²) in [7, 11) is 0. The molecule has 5 heteroatoms. The monoisotopic (exact) mass is 232 g/mol. The van der Waals surface area contributed by atoms with Gasteiger partial charge in [-0.2, -0.15) is 0 Å². The van der Waals surface area contributed by atoms with Gasteiger partial charge in [-0.25, -0.2) is 4.39 Å². The maximum Gasteiger partial charge on any atom is 0.307 e. The molecule has 0 spiro atoms. The number of hydrogen-bond donors (Lipinski definition) is 1. The minimum absolute atomic E-state index is 0.124. The second-order valence-corrected chi connectivity index (χ2v) is 3.47. The van der Waals surface area contributed by atoms with Gasteiger partial charge in [0.1, 0.15) is 5.82 Å². The van der Waals surface area contributed by atoms with E-state index in [4.69, 9.17) is 5.11 Å². The zero-order valence-corrected chi connectivity index (χ0v) is 8.80. The quantitative estimate of drug-likeness (QED) is 0.877. The van der Waals surface area contributed by atoms with E-state index in [9.17, 15) is 9.18 Å². The molecule has 2 heterocycles. The average molecular weight is 232 g/mol. The van der Waals surface area contributed by atoms with E-state index in [0.717, 1.165) is 11.8 Å². The van der Waals surface area contributed by atoms with Gasteiger partial charge in [0.2, 0.25) is 0 Å². The summed E-state index contributed by atoms with van der Waals surface area (Å²) in [5.41, 5.74) is 1.43. The van der Waals surface area contributed by atoms with Crippen molar-refractivity contribution in [3.63, 3.8) is 0 Å². The number of rotatable bonds is 3. The Morgan fingerprint density at radius 1 is 1.35 bits per heavy atom. The normalized spacial score (nSPS) is 10.2. The van der Waals surface area contributed by atoms with Gasteiger partial charge in [0, 0.05) is 23.5 Å². The van der Waals surface area contributed by atoms with Crippen LogP contribution < -0.4 is 0 Å². The molecule has 0 aromatic carbocycles. The zero-order chi connectivity index (χ0) is 12.3. The van der Waals surface area contributed by atoms with Gasteiger partial charge in [0.15, 0.2) is 0 Å². The smallest absolute Gasteiger partial charge is 0.307 e. The van der Waals surface area contributed by atoms with E-state index in [2.05, 4.69) is 9.97 Å². The first-order chi connectivity index (χ1) is 8.16. The van der Waals surface area contributed by atoms with Crippen LogP contribution in [-0.2, 0) is 11.2 Å². The number of aliphatic carboxylic acids is 1. The van der Waals surface area contributed by atoms with Gasteiger partial charge in [-0.15, -0.1) is 0 Å². The van der Waals surface area contributed by atoms with Crippen molar-refractivity contribution in [1.29, 1.82) is 0 Å². The van der Waals surface area contributed by atoms with E-state index < -0.39 is 11.8 Å². The third kappa shape index (κ3) is 2.63. The lowest BCUT2D eigenvalue weighted by Gasteiger charge is -2.04. The van der Waals surface area contributed by atoms with Crippen LogP contribution in [0.3, 0.4) is 0 Å². The summed E-state index contributed by atoms with van der Waals surface area (Å²) >= 11 is 0. The molecule has 0 bridgehead atoms. The van der Waals surface area contributed by atoms with E-state index in [0.29, 0.717) is 5.69 Å². The minimum Gasteiger partial charge on any atom is -0.481 e. The molecule has 0 saturated carbocycles. The number of aromatic nitrogens is 2. The van der Waals surface area contributed by atoms with Crippen LogP contribution in [0.5, 0.6) is 0 Å². The highest BCUT2D eigenvalue weighted by atomic mass is 19.1. The molecule has 2 rings (SSSR count). The molecule has 2 aromatic heterocycles. The van der Waals surface area contributed by atoms with E-state index in [1.807, 2.05) is 0 Å². The van der Waals surface area contributed by atoms with Gasteiger partial charge >= 0.3 is 5.97 Å². The number of halogens is 1. The Hall–Kier alpha value is -2.30. The molecule has 0 aliphatic heterocycles. The van der Waals surface area contributed by atoms with Crippen molar-refractivity contribution in [2.75, 3.05) is 0 Å². The van der Waals surface area contributed by atoms with Gasteiger partial charge in [0.05, 0.1) is 18.3 Å². The van der Waals surface area contributed by atoms with Gasteiger partial charge in [-0.3, -0.25) is 14.8 Å². The maximum atomic E-state index is 13.3. The highest BCUT2D eigenvalue weighted by Crippen LogP contribution is 2.18. The Labute approximate surface area is 96.8 Å². The van der Waals surface area contributed by atoms with Gasteiger partial charge in [0.25, 0.3) is 0 Å². The second-order valence-electron chi connectivity index (χ2n) is 3.47. The van der Waals surface area contributed by atoms with Crippen molar-refractivity contribution in [2.24, 2.45) is 0 Å². The highest BCUT2D eigenvalue weighted by molar-refractivity contribution is 5.71. The number of carbonyl (C=O) groups is 1. The predicted octanol–water partition coefficient (Wildman–Crippen LogP) is 1.91. The molecular formula is C12H9FN2O2. The molecule has 0 aliphatic rings. The van der Waals surface area contributed by atoms with Crippen LogP contribution in [0.4, 0.5) is 4.39 Å². The second kappa shape index (κ2) is 4.69. The molecule has 0 saturated heterocycles. The van der Waals surface area contributed by atoms with Crippen LogP contribution >= 0.6 is 0 Å². The summed E-state index contributed by atoms with van der Waals surface area (Å²) in [6.45, 7) is 0. The van der Waals surface area contributed by atoms with E-state index in [1.54, 1.807) is 24.5 Å². The number of hydrogen-bond acceptors (Lipinski definition) is 3. The third-order valence-electron chi connectivity index (χ3n) is 2.25. The summed E-state index contributed by atoms with van der Waals surface area (Å²) < 4.78 is 13.3. The summed E-state index contributed by atoms with van der Waals surface area (Å²) in [6, 6.07) is 4.90. The Kier molecular flexibility index (Phi) is 3.09. The molecular weight excluding hydrogens is 223 g/mol. The molecule has 86 valence electrons. The fourth-order valence-corrected chi connectivity index (χ4v) is 1.46. The molecule has 0 unspecified atom stereocenters. The topological polar surface area (TPSA) is 63.1 Å². The standard InChI is InChI=1S/C12H9FN2O2/c13-10-7-15-11(5-9(10)6-12(16)17)8-1-3-14-4-2-8/h1-5,7H,6H2,(H,16,17). The van der Waals surface area contributed by atoms with Gasteiger partial charge < -0.3 is 5.11 Å². The molecule has 0 amide bonds. The van der Waals surface area contributed by atoms with Crippen molar-refractivity contribution >= 4 is 5.97 Å². The van der Waals surface area contributed by atoms with Crippen molar-refractivity contribution in [2.45, 2.75) is 6.42 Å². The van der Waals surface area contributed by atoms with Gasteiger partial charge in [-0.05, 0) is 18.2 Å². The lowest BCUT2D eigenvalue weighted by Crippen LogP contribution is -2.03. The Morgan fingerprint density at radius 2 is 2.06 bits per heavy atom. The van der Waals surface area contributed by atoms with Crippen LogP contribution in [0, 0.1) is 5.82 Å². The highest BCUT2D eigenvalue weighted by Gasteiger charge is 2.09. The van der Waals surface area contributed by atoms with Crippen LogP contribution in [0.1, 0.15) is 5.56 Å². The Morgan fingerprint density at radius 3 is 2.71 bits per heavy atom. The molecule has 17 heavy (non-hydrogen) atoms. The average Bonchev–Trinajstić information content (AvgIpc) is 2.32. The largest absolute Gasteiger partial charge is 0.481 e. The first-order valence-corrected chi connectivity index (χ1v) is 4.93. The fourth-order valence-electron chi connectivity index (χ4n) is 1.46. The van der Waals surface area contributed by atoms with E-state index in [-0.39, 0.29) is 12.0 Å². The summed E-state index contributed by atoms with van der Waals surface area (Å²) in [4.78, 5) is 18.4. The lowest BCUT2D eigenvalue weighted by molar-refractivity contribution is -0.136. The molecule has 0 aliphatic carbocycles. The van der Waals surface area contributed by atoms with Crippen molar-refractivity contribution in [3.05, 3.63) is 48.2 Å². The van der Waals surface area contributed by atoms with E-state index >= 15 is 0 Å². The van der Waals surface area contributed by atoms with Crippen molar-refractivity contribution < 1.29 is 14.3 Å². The molecule has 0 fully saturated rings. The van der Waals surface area contributed by atoms with Crippen LogP contribution in [0.15, 0.2) is 36.8 Å². The molecule has 4 nitrogen and oxygen atoms in total. The molecule has 0 atom stereocenters. The summed E-state index contributed by atoms with van der Waals surface area (Å²) in [5, 5.41) is 8.66. The lowest BCUT2D eigenvalue weighted by atomic mass is 10.1. The Bertz CT molecular complexity index is 543. The van der Waals surface area contributed by atoms with E-state index in [1.165, 1.54) is 6.07 Å². The summed E-state index contributed by atoms with van der Waals surface area (Å²) in [5.74, 6) is -1.68. The maximum absolute atomic E-state index is 13.3. The van der Waals surface area contributed by atoms with Crippen LogP contribution in [0.2, 0.25) is 0 Å². The van der Waals surface area contributed by atoms with Crippen molar-refractivity contribution in [1.82, 2.24) is 9.97 Å². The zero-order valence-electron chi connectivity index (χ0n) is 8.80. The molecule has 1 N–H and O–H groups in total. The van der Waals surface area contributed by atoms with Crippen LogP contribution in [-0.4, -0.2) is 21.0 Å². The molecule has 0 radical (unpaired) electrons. The number of nitrogens with zero attached hydrogens (tertiary/aromatic N) is 2. The number of carboxylic acids is 1. The van der Waals surface area contributed by atoms with Crippen LogP contribution in [0.25, 0.3) is 11.3 Å². The minimum atomic E-state index is -1.07. The third-order valence-corrected chi connectivity index (χ3v) is 2.25. The number of carboxylic acid groups (broad SMARTS) is 1. The Balaban J connectivity index is 2.41.